The van der Waals surface area contributed by atoms with E-state index in [4.69, 9.17) is 4.74 Å². The lowest BCUT2D eigenvalue weighted by Crippen LogP contribution is -2.36. The van der Waals surface area contributed by atoms with Crippen LogP contribution in [0.3, 0.4) is 0 Å². The smallest absolute Gasteiger partial charge is 0.311 e. The molecule has 0 aromatic carbocycles. The fraction of sp³-hybridized carbons (Fsp3) is 0.600. The number of carboxylic acid groups (broad SMARTS) is 1. The number of nitrogens with one attached hydrogen (secondary N) is 1. The Labute approximate surface area is 138 Å². The zero-order valence-corrected chi connectivity index (χ0v) is 13.7. The summed E-state index contributed by atoms with van der Waals surface area (Å²) in [4.78, 5) is 39.2. The molecule has 2 atom stereocenters. The number of hydrogen-bond donors (Lipinski definition) is 2. The van der Waals surface area contributed by atoms with Crippen molar-refractivity contribution in [3.05, 3.63) is 11.1 Å². The number of carbonyl (C=O) groups is 3. The van der Waals surface area contributed by atoms with E-state index in [1.807, 2.05) is 0 Å². The number of thiazole rings is 1. The third-order valence-electron chi connectivity index (χ3n) is 3.83. The summed E-state index contributed by atoms with van der Waals surface area (Å²) in [5.41, 5.74) is 0.530. The number of aliphatic carboxylic acids is 1. The van der Waals surface area contributed by atoms with Gasteiger partial charge in [-0.05, 0) is 19.8 Å². The maximum atomic E-state index is 12.3. The first-order valence-corrected chi connectivity index (χ1v) is 8.53. The zero-order valence-electron chi connectivity index (χ0n) is 12.9. The summed E-state index contributed by atoms with van der Waals surface area (Å²) < 4.78 is 4.84. The minimum absolute atomic E-state index is 0.0569. The van der Waals surface area contributed by atoms with Crippen LogP contribution in [0.15, 0.2) is 5.38 Å². The first-order valence-electron chi connectivity index (χ1n) is 7.65. The first kappa shape index (κ1) is 17.4. The molecule has 2 rings (SSSR count). The Hall–Kier alpha value is -1.96. The standard InChI is InChI=1S/C15H20N2O5S/c1-2-22-12(18)7-9-8-23-15(16-9)17-13(19)10-5-3-4-6-11(10)14(20)21/h8,10-11H,2-7H2,1H3,(H,20,21)(H,16,17,19)/t10-,11-/m1/s1. The van der Waals surface area contributed by atoms with E-state index >= 15 is 0 Å². The maximum Gasteiger partial charge on any atom is 0.311 e. The van der Waals surface area contributed by atoms with Gasteiger partial charge in [0, 0.05) is 5.38 Å². The summed E-state index contributed by atoms with van der Waals surface area (Å²) in [5.74, 6) is -2.77. The van der Waals surface area contributed by atoms with E-state index in [2.05, 4.69) is 10.3 Å². The van der Waals surface area contributed by atoms with Gasteiger partial charge in [-0.2, -0.15) is 0 Å². The summed E-state index contributed by atoms with van der Waals surface area (Å²) >= 11 is 1.21. The van der Waals surface area contributed by atoms with Crippen LogP contribution in [0.5, 0.6) is 0 Å². The molecule has 23 heavy (non-hydrogen) atoms. The van der Waals surface area contributed by atoms with Gasteiger partial charge in [-0.1, -0.05) is 12.8 Å². The number of carbonyl (C=O) groups excluding carboxylic acids is 2. The van der Waals surface area contributed by atoms with Crippen molar-refractivity contribution in [1.29, 1.82) is 0 Å². The topological polar surface area (TPSA) is 106 Å². The van der Waals surface area contributed by atoms with Crippen molar-refractivity contribution < 1.29 is 24.2 Å². The number of amides is 1. The van der Waals surface area contributed by atoms with Crippen LogP contribution in [0.25, 0.3) is 0 Å². The second-order valence-electron chi connectivity index (χ2n) is 5.45. The number of hydrogen-bond acceptors (Lipinski definition) is 6. The van der Waals surface area contributed by atoms with Gasteiger partial charge in [-0.15, -0.1) is 11.3 Å². The number of anilines is 1. The van der Waals surface area contributed by atoms with Gasteiger partial charge in [0.05, 0.1) is 30.6 Å². The summed E-state index contributed by atoms with van der Waals surface area (Å²) in [5, 5.41) is 14.0. The number of nitrogens with zero attached hydrogens (tertiary/aromatic N) is 1. The second kappa shape index (κ2) is 8.05. The van der Waals surface area contributed by atoms with Crippen LogP contribution in [-0.2, 0) is 25.5 Å². The Morgan fingerprint density at radius 3 is 2.70 bits per heavy atom. The van der Waals surface area contributed by atoms with Crippen molar-refractivity contribution >= 4 is 34.3 Å². The highest BCUT2D eigenvalue weighted by Gasteiger charge is 2.35. The van der Waals surface area contributed by atoms with E-state index in [-0.39, 0.29) is 18.3 Å². The van der Waals surface area contributed by atoms with E-state index in [9.17, 15) is 19.5 Å². The molecule has 2 N–H and O–H groups in total. The first-order chi connectivity index (χ1) is 11.0. The Morgan fingerprint density at radius 2 is 2.04 bits per heavy atom. The highest BCUT2D eigenvalue weighted by atomic mass is 32.1. The van der Waals surface area contributed by atoms with Crippen LogP contribution in [-0.4, -0.2) is 34.5 Å². The molecule has 8 heteroatoms. The van der Waals surface area contributed by atoms with Crippen molar-refractivity contribution in [3.8, 4) is 0 Å². The molecule has 1 heterocycles. The SMILES string of the molecule is CCOC(=O)Cc1csc(NC(=O)[C@@H]2CCCC[C@H]2C(=O)O)n1. The van der Waals surface area contributed by atoms with Crippen molar-refractivity contribution in [3.63, 3.8) is 0 Å². The van der Waals surface area contributed by atoms with E-state index in [1.165, 1.54) is 11.3 Å². The van der Waals surface area contributed by atoms with Gasteiger partial charge in [0.1, 0.15) is 0 Å². The Bertz CT molecular complexity index is 586. The van der Waals surface area contributed by atoms with E-state index in [0.29, 0.717) is 30.3 Å². The van der Waals surface area contributed by atoms with Crippen molar-refractivity contribution in [1.82, 2.24) is 4.98 Å². The van der Waals surface area contributed by atoms with E-state index in [0.717, 1.165) is 12.8 Å². The molecule has 0 unspecified atom stereocenters. The van der Waals surface area contributed by atoms with Crippen LogP contribution in [0, 0.1) is 11.8 Å². The minimum atomic E-state index is -0.924. The molecule has 0 aliphatic heterocycles. The van der Waals surface area contributed by atoms with Crippen LogP contribution in [0.1, 0.15) is 38.3 Å². The Kier molecular flexibility index (Phi) is 6.09. The highest BCUT2D eigenvalue weighted by Crippen LogP contribution is 2.31. The predicted octanol–water partition coefficient (Wildman–Crippen LogP) is 2.08. The molecule has 1 aromatic heterocycles. The van der Waals surface area contributed by atoms with Crippen LogP contribution >= 0.6 is 11.3 Å². The fourth-order valence-electron chi connectivity index (χ4n) is 2.74. The number of ether oxygens (including phenoxy) is 1. The molecule has 0 radical (unpaired) electrons. The second-order valence-corrected chi connectivity index (χ2v) is 6.31. The van der Waals surface area contributed by atoms with Crippen molar-refractivity contribution in [2.45, 2.75) is 39.0 Å². The summed E-state index contributed by atoms with van der Waals surface area (Å²) in [7, 11) is 0. The number of carboxylic acids is 1. The molecule has 1 amide bonds. The molecule has 1 aliphatic rings. The molecule has 0 saturated heterocycles. The van der Waals surface area contributed by atoms with Crippen LogP contribution in [0.4, 0.5) is 5.13 Å². The zero-order chi connectivity index (χ0) is 16.8. The molecule has 0 spiro atoms. The van der Waals surface area contributed by atoms with E-state index in [1.54, 1.807) is 12.3 Å². The quantitative estimate of drug-likeness (QED) is 0.768. The molecular formula is C15H20N2O5S. The van der Waals surface area contributed by atoms with Gasteiger partial charge in [0.25, 0.3) is 0 Å². The molecule has 126 valence electrons. The van der Waals surface area contributed by atoms with Gasteiger partial charge in [-0.25, -0.2) is 4.98 Å². The van der Waals surface area contributed by atoms with Gasteiger partial charge in [-0.3, -0.25) is 14.4 Å². The third kappa shape index (κ3) is 4.75. The lowest BCUT2D eigenvalue weighted by Gasteiger charge is -2.26. The number of rotatable bonds is 6. The average molecular weight is 340 g/mol. The van der Waals surface area contributed by atoms with E-state index < -0.39 is 17.8 Å². The molecule has 1 aliphatic carbocycles. The highest BCUT2D eigenvalue weighted by molar-refractivity contribution is 7.13. The maximum absolute atomic E-state index is 12.3. The normalized spacial score (nSPS) is 20.7. The summed E-state index contributed by atoms with van der Waals surface area (Å²) in [6.07, 6.45) is 2.85. The average Bonchev–Trinajstić information content (AvgIpc) is 2.94. The third-order valence-corrected chi connectivity index (χ3v) is 4.64. The van der Waals surface area contributed by atoms with Gasteiger partial charge in [0.2, 0.25) is 5.91 Å². The lowest BCUT2D eigenvalue weighted by atomic mass is 9.79. The Morgan fingerprint density at radius 1 is 1.35 bits per heavy atom. The largest absolute Gasteiger partial charge is 0.481 e. The number of esters is 1. The monoisotopic (exact) mass is 340 g/mol. The molecule has 1 saturated carbocycles. The minimum Gasteiger partial charge on any atom is -0.481 e. The van der Waals surface area contributed by atoms with Gasteiger partial charge in [0.15, 0.2) is 5.13 Å². The molecule has 0 bridgehead atoms. The van der Waals surface area contributed by atoms with Crippen molar-refractivity contribution in [2.75, 3.05) is 11.9 Å². The molecular weight excluding hydrogens is 320 g/mol. The van der Waals surface area contributed by atoms with Gasteiger partial charge >= 0.3 is 11.9 Å². The fourth-order valence-corrected chi connectivity index (χ4v) is 3.46. The summed E-state index contributed by atoms with van der Waals surface area (Å²) in [6, 6.07) is 0. The lowest BCUT2D eigenvalue weighted by molar-refractivity contribution is -0.147. The van der Waals surface area contributed by atoms with Gasteiger partial charge < -0.3 is 15.2 Å². The Balaban J connectivity index is 1.96. The van der Waals surface area contributed by atoms with Crippen LogP contribution in [0.2, 0.25) is 0 Å². The van der Waals surface area contributed by atoms with Crippen molar-refractivity contribution in [2.24, 2.45) is 11.8 Å². The molecule has 1 fully saturated rings. The predicted molar refractivity (Wildman–Crippen MR) is 84.2 cm³/mol. The summed E-state index contributed by atoms with van der Waals surface area (Å²) in [6.45, 7) is 2.04. The molecule has 7 nitrogen and oxygen atoms in total. The van der Waals surface area contributed by atoms with Crippen LogP contribution < -0.4 is 5.32 Å². The number of aromatic nitrogens is 1. The molecule has 1 aromatic rings.